The minimum atomic E-state index is 1.20. The first-order valence-electron chi connectivity index (χ1n) is 10.4. The van der Waals surface area contributed by atoms with Crippen LogP contribution < -0.4 is 0 Å². The van der Waals surface area contributed by atoms with Gasteiger partial charge in [-0.3, -0.25) is 0 Å². The Bertz CT molecular complexity index is 454. The standard InChI is InChI=1S/C26H39/c1-3-5-7-9-11-13-15-17-19-21-23-25-26-24-22-20-18-16-14-12-10-8-6-4-2/h1,3,5,7,9,11,13,15,17,19,21,23,25-26H,4,6,8,10,12,14,16,18,20,22,24H2,2H3. The first-order chi connectivity index (χ1) is 12.9. The third-order valence-electron chi connectivity index (χ3n) is 4.08. The van der Waals surface area contributed by atoms with E-state index < -0.39 is 0 Å². The van der Waals surface area contributed by atoms with Crippen molar-refractivity contribution in [3.63, 3.8) is 0 Å². The van der Waals surface area contributed by atoms with Crippen LogP contribution in [0, 0.1) is 6.58 Å². The lowest BCUT2D eigenvalue weighted by atomic mass is 10.1. The molecule has 0 bridgehead atoms. The van der Waals surface area contributed by atoms with E-state index in [0.29, 0.717) is 0 Å². The maximum absolute atomic E-state index is 5.23. The van der Waals surface area contributed by atoms with Crippen LogP contribution >= 0.6 is 0 Å². The normalized spacial score (nSPS) is 13.0. The summed E-state index contributed by atoms with van der Waals surface area (Å²) in [4.78, 5) is 0. The first kappa shape index (κ1) is 24.2. The van der Waals surface area contributed by atoms with Crippen LogP contribution in [0.25, 0.3) is 0 Å². The molecule has 0 aliphatic carbocycles. The average molecular weight is 352 g/mol. The van der Waals surface area contributed by atoms with Crippen LogP contribution in [-0.4, -0.2) is 0 Å². The number of hydrogen-bond acceptors (Lipinski definition) is 0. The van der Waals surface area contributed by atoms with Crippen molar-refractivity contribution in [2.75, 3.05) is 0 Å². The van der Waals surface area contributed by atoms with E-state index in [1.165, 1.54) is 76.7 Å². The van der Waals surface area contributed by atoms with Crippen molar-refractivity contribution in [2.45, 2.75) is 77.6 Å². The third-order valence-corrected chi connectivity index (χ3v) is 4.08. The highest BCUT2D eigenvalue weighted by Gasteiger charge is 1.91. The van der Waals surface area contributed by atoms with Gasteiger partial charge in [0.1, 0.15) is 0 Å². The van der Waals surface area contributed by atoms with Gasteiger partial charge in [-0.15, -0.1) is 0 Å². The number of unbranched alkanes of at least 4 members (excludes halogenated alkanes) is 10. The van der Waals surface area contributed by atoms with Gasteiger partial charge in [-0.25, -0.2) is 0 Å². The molecule has 0 nitrogen and oxygen atoms in total. The fourth-order valence-electron chi connectivity index (χ4n) is 2.57. The summed E-state index contributed by atoms with van der Waals surface area (Å²) in [7, 11) is 0. The summed E-state index contributed by atoms with van der Waals surface area (Å²) in [5.74, 6) is 0. The molecule has 0 unspecified atom stereocenters. The molecule has 0 aromatic carbocycles. The van der Waals surface area contributed by atoms with E-state index in [4.69, 9.17) is 6.58 Å². The Balaban J connectivity index is 3.44. The van der Waals surface area contributed by atoms with Crippen LogP contribution in [0.5, 0.6) is 0 Å². The minimum absolute atomic E-state index is 1.20. The number of hydrogen-bond donors (Lipinski definition) is 0. The highest BCUT2D eigenvalue weighted by molar-refractivity contribution is 5.20. The highest BCUT2D eigenvalue weighted by atomic mass is 14.0. The molecule has 0 fully saturated rings. The van der Waals surface area contributed by atoms with E-state index >= 15 is 0 Å². The number of allylic oxidation sites excluding steroid dienone is 13. The zero-order chi connectivity index (χ0) is 19.0. The Morgan fingerprint density at radius 2 is 0.846 bits per heavy atom. The fourth-order valence-corrected chi connectivity index (χ4v) is 2.57. The van der Waals surface area contributed by atoms with Gasteiger partial charge in [0.15, 0.2) is 0 Å². The quantitative estimate of drug-likeness (QED) is 0.182. The maximum Gasteiger partial charge on any atom is -0.0348 e. The molecule has 0 amide bonds. The Morgan fingerprint density at radius 3 is 1.31 bits per heavy atom. The Kier molecular flexibility index (Phi) is 21.6. The molecule has 0 rings (SSSR count). The fraction of sp³-hybridized carbons (Fsp3) is 0.462. The van der Waals surface area contributed by atoms with E-state index in [9.17, 15) is 0 Å². The zero-order valence-corrected chi connectivity index (χ0v) is 16.9. The molecule has 0 saturated carbocycles. The monoisotopic (exact) mass is 351 g/mol. The summed E-state index contributed by atoms with van der Waals surface area (Å²) in [5.41, 5.74) is 0. The van der Waals surface area contributed by atoms with Crippen LogP contribution in [0.15, 0.2) is 79.0 Å². The van der Waals surface area contributed by atoms with E-state index in [0.717, 1.165) is 0 Å². The predicted molar refractivity (Wildman–Crippen MR) is 120 cm³/mol. The molecule has 0 aromatic rings. The smallest absolute Gasteiger partial charge is 0.0348 e. The molecule has 1 radical (unpaired) electrons. The van der Waals surface area contributed by atoms with Crippen molar-refractivity contribution in [1.29, 1.82) is 0 Å². The lowest BCUT2D eigenvalue weighted by Crippen LogP contribution is -1.81. The van der Waals surface area contributed by atoms with E-state index in [-0.39, 0.29) is 0 Å². The summed E-state index contributed by atoms with van der Waals surface area (Å²) in [6.07, 6.45) is 41.0. The molecule has 26 heavy (non-hydrogen) atoms. The summed E-state index contributed by atoms with van der Waals surface area (Å²) in [5, 5.41) is 0. The molecular formula is C26H39. The Morgan fingerprint density at radius 1 is 0.462 bits per heavy atom. The molecule has 0 atom stereocenters. The van der Waals surface area contributed by atoms with Gasteiger partial charge in [0.25, 0.3) is 0 Å². The summed E-state index contributed by atoms with van der Waals surface area (Å²) >= 11 is 0. The van der Waals surface area contributed by atoms with Gasteiger partial charge in [0.05, 0.1) is 0 Å². The Labute approximate surface area is 163 Å². The van der Waals surface area contributed by atoms with Crippen molar-refractivity contribution in [3.05, 3.63) is 85.6 Å². The SMILES string of the molecule is [CH]=CC=CC=CC=CC=CC=CC=CCCCCCCCCCCCC. The molecule has 0 N–H and O–H groups in total. The summed E-state index contributed by atoms with van der Waals surface area (Å²) < 4.78 is 0. The van der Waals surface area contributed by atoms with Gasteiger partial charge in [-0.2, -0.15) is 0 Å². The van der Waals surface area contributed by atoms with Crippen molar-refractivity contribution in [2.24, 2.45) is 0 Å². The van der Waals surface area contributed by atoms with E-state index in [1.54, 1.807) is 6.08 Å². The lowest BCUT2D eigenvalue weighted by Gasteiger charge is -2.01. The molecule has 143 valence electrons. The maximum atomic E-state index is 5.23. The summed E-state index contributed by atoms with van der Waals surface area (Å²) in [6.45, 7) is 7.51. The second-order valence-electron chi connectivity index (χ2n) is 6.52. The first-order valence-corrected chi connectivity index (χ1v) is 10.4. The molecule has 0 saturated heterocycles. The largest absolute Gasteiger partial charge is 0.0845 e. The molecular weight excluding hydrogens is 312 g/mol. The van der Waals surface area contributed by atoms with Crippen LogP contribution in [-0.2, 0) is 0 Å². The average Bonchev–Trinajstić information content (AvgIpc) is 2.66. The van der Waals surface area contributed by atoms with Gasteiger partial charge in [-0.05, 0) is 12.8 Å². The van der Waals surface area contributed by atoms with Crippen LogP contribution in [0.2, 0.25) is 0 Å². The molecule has 0 aromatic heterocycles. The highest BCUT2D eigenvalue weighted by Crippen LogP contribution is 2.11. The van der Waals surface area contributed by atoms with Gasteiger partial charge in [0, 0.05) is 0 Å². The van der Waals surface area contributed by atoms with Gasteiger partial charge < -0.3 is 0 Å². The van der Waals surface area contributed by atoms with E-state index in [1.807, 2.05) is 42.5 Å². The molecule has 0 aliphatic heterocycles. The van der Waals surface area contributed by atoms with Crippen LogP contribution in [0.1, 0.15) is 77.6 Å². The second-order valence-corrected chi connectivity index (χ2v) is 6.52. The number of rotatable bonds is 17. The lowest BCUT2D eigenvalue weighted by molar-refractivity contribution is 0.557. The molecule has 0 aliphatic rings. The van der Waals surface area contributed by atoms with Gasteiger partial charge >= 0.3 is 0 Å². The van der Waals surface area contributed by atoms with Crippen LogP contribution in [0.4, 0.5) is 0 Å². The molecule has 0 heterocycles. The minimum Gasteiger partial charge on any atom is -0.0845 e. The second kappa shape index (κ2) is 23.2. The topological polar surface area (TPSA) is 0 Å². The van der Waals surface area contributed by atoms with Crippen LogP contribution in [0.3, 0.4) is 0 Å². The Hall–Kier alpha value is -1.82. The predicted octanol–water partition coefficient (Wildman–Crippen LogP) is 8.62. The van der Waals surface area contributed by atoms with Crippen molar-refractivity contribution in [1.82, 2.24) is 0 Å². The van der Waals surface area contributed by atoms with Gasteiger partial charge in [0.2, 0.25) is 0 Å². The third kappa shape index (κ3) is 22.2. The molecule has 0 spiro atoms. The van der Waals surface area contributed by atoms with Crippen molar-refractivity contribution < 1.29 is 0 Å². The zero-order valence-electron chi connectivity index (χ0n) is 16.9. The van der Waals surface area contributed by atoms with Crippen molar-refractivity contribution >= 4 is 0 Å². The molecule has 0 heteroatoms. The van der Waals surface area contributed by atoms with Crippen molar-refractivity contribution in [3.8, 4) is 0 Å². The van der Waals surface area contributed by atoms with E-state index in [2.05, 4.69) is 31.2 Å². The summed E-state index contributed by atoms with van der Waals surface area (Å²) in [6, 6.07) is 0. The van der Waals surface area contributed by atoms with Gasteiger partial charge in [-0.1, -0.05) is 150 Å².